The van der Waals surface area contributed by atoms with E-state index in [0.29, 0.717) is 34.9 Å². The van der Waals surface area contributed by atoms with Gasteiger partial charge in [0.15, 0.2) is 0 Å². The number of ketones is 1. The summed E-state index contributed by atoms with van der Waals surface area (Å²) in [6, 6.07) is 0. The Labute approximate surface area is 93.0 Å². The van der Waals surface area contributed by atoms with Crippen LogP contribution in [-0.4, -0.2) is 31.3 Å². The zero-order valence-corrected chi connectivity index (χ0v) is 10.6. The summed E-state index contributed by atoms with van der Waals surface area (Å²) < 4.78 is 0. The van der Waals surface area contributed by atoms with Gasteiger partial charge in [-0.2, -0.15) is 0 Å². The van der Waals surface area contributed by atoms with Gasteiger partial charge in [-0.15, -0.1) is 0 Å². The highest BCUT2D eigenvalue weighted by atomic mass is 16.1. The van der Waals surface area contributed by atoms with E-state index in [1.165, 1.54) is 0 Å². The number of hydrogen-bond donors (Lipinski definition) is 0. The Hall–Kier alpha value is -0.370. The van der Waals surface area contributed by atoms with Crippen molar-refractivity contribution < 1.29 is 4.79 Å². The fourth-order valence-corrected chi connectivity index (χ4v) is 3.77. The molecule has 2 heteroatoms. The third kappa shape index (κ3) is 1.45. The molecular formula is C13H23NO. The molecule has 0 unspecified atom stereocenters. The van der Waals surface area contributed by atoms with Crippen molar-refractivity contribution in [2.24, 2.45) is 29.1 Å². The van der Waals surface area contributed by atoms with E-state index in [0.717, 1.165) is 13.0 Å². The molecule has 0 aromatic heterocycles. The molecule has 86 valence electrons. The van der Waals surface area contributed by atoms with Crippen LogP contribution in [-0.2, 0) is 4.79 Å². The average Bonchev–Trinajstić information content (AvgIpc) is 2.52. The molecule has 0 heterocycles. The van der Waals surface area contributed by atoms with Gasteiger partial charge in [0, 0.05) is 18.4 Å². The van der Waals surface area contributed by atoms with Gasteiger partial charge in [-0.3, -0.25) is 4.79 Å². The van der Waals surface area contributed by atoms with Crippen molar-refractivity contribution in [3.05, 3.63) is 0 Å². The lowest BCUT2D eigenvalue weighted by Gasteiger charge is -2.40. The lowest BCUT2D eigenvalue weighted by molar-refractivity contribution is -0.131. The van der Waals surface area contributed by atoms with Crippen LogP contribution < -0.4 is 0 Å². The van der Waals surface area contributed by atoms with Crippen molar-refractivity contribution in [1.29, 1.82) is 0 Å². The summed E-state index contributed by atoms with van der Waals surface area (Å²) in [6.45, 7) is 7.89. The van der Waals surface area contributed by atoms with Crippen LogP contribution in [0.2, 0.25) is 0 Å². The second kappa shape index (κ2) is 3.31. The molecule has 0 aromatic carbocycles. The fourth-order valence-electron chi connectivity index (χ4n) is 3.77. The minimum atomic E-state index is 0.302. The summed E-state index contributed by atoms with van der Waals surface area (Å²) in [5.74, 6) is 2.40. The molecule has 0 spiro atoms. The van der Waals surface area contributed by atoms with Gasteiger partial charge >= 0.3 is 0 Å². The Balaban J connectivity index is 2.21. The molecule has 2 fully saturated rings. The maximum atomic E-state index is 12.2. The summed E-state index contributed by atoms with van der Waals surface area (Å²) in [5, 5.41) is 0. The molecule has 2 aliphatic rings. The second-order valence-electron chi connectivity index (χ2n) is 6.33. The van der Waals surface area contributed by atoms with E-state index in [-0.39, 0.29) is 0 Å². The summed E-state index contributed by atoms with van der Waals surface area (Å²) in [7, 11) is 4.13. The van der Waals surface area contributed by atoms with Crippen molar-refractivity contribution >= 4 is 5.78 Å². The normalized spacial score (nSPS) is 42.9. The van der Waals surface area contributed by atoms with E-state index in [1.807, 2.05) is 0 Å². The van der Waals surface area contributed by atoms with Gasteiger partial charge in [0.2, 0.25) is 0 Å². The van der Waals surface area contributed by atoms with Gasteiger partial charge in [0.1, 0.15) is 5.78 Å². The zero-order chi connectivity index (χ0) is 11.4. The quantitative estimate of drug-likeness (QED) is 0.693. The van der Waals surface area contributed by atoms with Gasteiger partial charge in [0.05, 0.1) is 0 Å². The van der Waals surface area contributed by atoms with E-state index in [4.69, 9.17) is 0 Å². The van der Waals surface area contributed by atoms with Crippen LogP contribution in [0.4, 0.5) is 0 Å². The Bertz CT molecular complexity index is 282. The molecule has 2 saturated carbocycles. The fraction of sp³-hybridized carbons (Fsp3) is 0.923. The number of Topliss-reactive ketones (excluding diaryl/α,β-unsaturated/α-hetero) is 1. The molecule has 0 saturated heterocycles. The first-order valence-electron chi connectivity index (χ1n) is 6.04. The van der Waals surface area contributed by atoms with Crippen molar-refractivity contribution in [1.82, 2.24) is 4.90 Å². The molecule has 4 atom stereocenters. The molecule has 0 amide bonds. The largest absolute Gasteiger partial charge is 0.309 e. The smallest absolute Gasteiger partial charge is 0.140 e. The predicted molar refractivity (Wildman–Crippen MR) is 61.6 cm³/mol. The number of hydrogen-bond acceptors (Lipinski definition) is 2. The van der Waals surface area contributed by atoms with Crippen LogP contribution in [0.1, 0.15) is 27.2 Å². The van der Waals surface area contributed by atoms with Gasteiger partial charge in [-0.1, -0.05) is 20.8 Å². The van der Waals surface area contributed by atoms with Crippen LogP contribution in [0.25, 0.3) is 0 Å². The molecule has 0 N–H and O–H groups in total. The summed E-state index contributed by atoms with van der Waals surface area (Å²) in [5.41, 5.74) is 0.360. The third-order valence-corrected chi connectivity index (χ3v) is 5.02. The SMILES string of the molecule is C[C@@H]1[C@@H]2C[C@H]([C@H](CN(C)C)C2=O)C1(C)C. The Morgan fingerprint density at radius 2 is 2.00 bits per heavy atom. The average molecular weight is 209 g/mol. The number of fused-ring (bicyclic) bond motifs is 2. The standard InChI is InChI=1S/C13H23NO/c1-8-9-6-11(13(8,2)3)10(12(9)15)7-14(4)5/h8-11H,6-7H2,1-5H3/t8-,9+,10+,11-/m1/s1. The van der Waals surface area contributed by atoms with Gasteiger partial charge < -0.3 is 4.90 Å². The van der Waals surface area contributed by atoms with Gasteiger partial charge in [-0.25, -0.2) is 0 Å². The van der Waals surface area contributed by atoms with E-state index in [2.05, 4.69) is 39.8 Å². The van der Waals surface area contributed by atoms with Crippen molar-refractivity contribution in [2.45, 2.75) is 27.2 Å². The molecule has 2 bridgehead atoms. The topological polar surface area (TPSA) is 20.3 Å². The first-order chi connectivity index (χ1) is 6.85. The maximum absolute atomic E-state index is 12.2. The Kier molecular flexibility index (Phi) is 2.45. The molecular weight excluding hydrogens is 186 g/mol. The molecule has 2 rings (SSSR count). The van der Waals surface area contributed by atoms with Crippen LogP contribution >= 0.6 is 0 Å². The molecule has 0 aliphatic heterocycles. The van der Waals surface area contributed by atoms with Gasteiger partial charge in [0.25, 0.3) is 0 Å². The summed E-state index contributed by atoms with van der Waals surface area (Å²) >= 11 is 0. The number of rotatable bonds is 2. The van der Waals surface area contributed by atoms with Crippen molar-refractivity contribution in [3.8, 4) is 0 Å². The van der Waals surface area contributed by atoms with Crippen LogP contribution in [0, 0.1) is 29.1 Å². The lowest BCUT2D eigenvalue weighted by atomic mass is 9.65. The van der Waals surface area contributed by atoms with E-state index < -0.39 is 0 Å². The minimum absolute atomic E-state index is 0.302. The van der Waals surface area contributed by atoms with Crippen LogP contribution in [0.3, 0.4) is 0 Å². The van der Waals surface area contributed by atoms with Crippen LogP contribution in [0.5, 0.6) is 0 Å². The predicted octanol–water partition coefficient (Wildman–Crippen LogP) is 2.05. The van der Waals surface area contributed by atoms with E-state index in [9.17, 15) is 4.79 Å². The molecule has 15 heavy (non-hydrogen) atoms. The second-order valence-corrected chi connectivity index (χ2v) is 6.33. The highest BCUT2D eigenvalue weighted by Gasteiger charge is 2.59. The third-order valence-electron chi connectivity index (χ3n) is 5.02. The zero-order valence-electron chi connectivity index (χ0n) is 10.6. The molecule has 0 aromatic rings. The molecule has 2 nitrogen and oxygen atoms in total. The van der Waals surface area contributed by atoms with E-state index in [1.54, 1.807) is 0 Å². The lowest BCUT2D eigenvalue weighted by Crippen LogP contribution is -2.43. The summed E-state index contributed by atoms with van der Waals surface area (Å²) in [6.07, 6.45) is 1.14. The monoisotopic (exact) mass is 209 g/mol. The first kappa shape index (κ1) is 11.1. The van der Waals surface area contributed by atoms with Crippen molar-refractivity contribution in [2.75, 3.05) is 20.6 Å². The first-order valence-corrected chi connectivity index (χ1v) is 6.04. The minimum Gasteiger partial charge on any atom is -0.309 e. The highest BCUT2D eigenvalue weighted by Crippen LogP contribution is 2.59. The molecule has 0 radical (unpaired) electrons. The Morgan fingerprint density at radius 1 is 1.40 bits per heavy atom. The van der Waals surface area contributed by atoms with Gasteiger partial charge in [-0.05, 0) is 37.8 Å². The molecule has 2 aliphatic carbocycles. The highest BCUT2D eigenvalue weighted by molar-refractivity contribution is 5.87. The Morgan fingerprint density at radius 3 is 2.47 bits per heavy atom. The van der Waals surface area contributed by atoms with Crippen LogP contribution in [0.15, 0.2) is 0 Å². The van der Waals surface area contributed by atoms with Crippen molar-refractivity contribution in [3.63, 3.8) is 0 Å². The van der Waals surface area contributed by atoms with E-state index >= 15 is 0 Å². The number of carbonyl (C=O) groups excluding carboxylic acids is 1. The maximum Gasteiger partial charge on any atom is 0.140 e. The number of nitrogens with zero attached hydrogens (tertiary/aromatic N) is 1. The number of carbonyl (C=O) groups is 1. The summed E-state index contributed by atoms with van der Waals surface area (Å²) in [4.78, 5) is 14.3.